The first-order valence-corrected chi connectivity index (χ1v) is 10.6. The maximum atomic E-state index is 13.8. The van der Waals surface area contributed by atoms with Gasteiger partial charge >= 0.3 is 5.69 Å². The smallest absolute Gasteiger partial charge is 0.322 e. The van der Waals surface area contributed by atoms with Gasteiger partial charge in [-0.05, 0) is 55.0 Å². The molecule has 0 bridgehead atoms. The number of para-hydroxylation sites is 1. The fourth-order valence-corrected chi connectivity index (χ4v) is 4.13. The minimum atomic E-state index is -4.06. The van der Waals surface area contributed by atoms with Crippen LogP contribution in [0.15, 0.2) is 70.4 Å². The number of nitrogens with one attached hydrogen (secondary N) is 4. The van der Waals surface area contributed by atoms with E-state index >= 15 is 0 Å². The van der Waals surface area contributed by atoms with Crippen molar-refractivity contribution < 1.29 is 17.6 Å². The molecular formula is C21H17FN4O4S. The van der Waals surface area contributed by atoms with E-state index in [1.165, 1.54) is 42.5 Å². The number of aryl methyl sites for hydroxylation is 1. The Kier molecular flexibility index (Phi) is 5.07. The van der Waals surface area contributed by atoms with Gasteiger partial charge in [-0.2, -0.15) is 0 Å². The molecule has 0 spiro atoms. The van der Waals surface area contributed by atoms with Crippen molar-refractivity contribution in [3.05, 3.63) is 88.1 Å². The van der Waals surface area contributed by atoms with Gasteiger partial charge in [0, 0.05) is 5.69 Å². The molecule has 1 heterocycles. The maximum Gasteiger partial charge on any atom is 0.323 e. The first-order chi connectivity index (χ1) is 14.7. The molecule has 1 aromatic heterocycles. The lowest BCUT2D eigenvalue weighted by atomic mass is 10.1. The van der Waals surface area contributed by atoms with E-state index in [-0.39, 0.29) is 21.8 Å². The summed E-state index contributed by atoms with van der Waals surface area (Å²) in [7, 11) is -4.06. The summed E-state index contributed by atoms with van der Waals surface area (Å²) in [5, 5.41) is 2.56. The zero-order valence-electron chi connectivity index (χ0n) is 16.2. The number of carbonyl (C=O) groups excluding carboxylic acids is 1. The number of halogens is 1. The number of carbonyl (C=O) groups is 1. The number of rotatable bonds is 5. The van der Waals surface area contributed by atoms with Crippen molar-refractivity contribution in [1.82, 2.24) is 9.97 Å². The van der Waals surface area contributed by atoms with Crippen LogP contribution in [0.25, 0.3) is 11.0 Å². The quantitative estimate of drug-likeness (QED) is 0.380. The third-order valence-corrected chi connectivity index (χ3v) is 6.01. The second kappa shape index (κ2) is 7.73. The lowest BCUT2D eigenvalue weighted by Gasteiger charge is -2.13. The average molecular weight is 440 g/mol. The molecule has 1 amide bonds. The summed E-state index contributed by atoms with van der Waals surface area (Å²) in [6.45, 7) is 1.60. The summed E-state index contributed by atoms with van der Waals surface area (Å²) in [5.74, 6) is -1.07. The zero-order chi connectivity index (χ0) is 22.2. The highest BCUT2D eigenvalue weighted by Gasteiger charge is 2.19. The first kappa shape index (κ1) is 20.4. The SMILES string of the molecule is Cc1ccc(NC(=O)c2ccccc2NS(=O)(=O)c2ccc3[nH]c(=O)[nH]c3c2)cc1F. The number of aromatic nitrogens is 2. The van der Waals surface area contributed by atoms with E-state index < -0.39 is 27.4 Å². The Morgan fingerprint density at radius 2 is 1.71 bits per heavy atom. The van der Waals surface area contributed by atoms with Crippen molar-refractivity contribution in [1.29, 1.82) is 0 Å². The van der Waals surface area contributed by atoms with E-state index in [9.17, 15) is 22.4 Å². The van der Waals surface area contributed by atoms with E-state index in [0.717, 1.165) is 0 Å². The Morgan fingerprint density at radius 1 is 0.968 bits per heavy atom. The van der Waals surface area contributed by atoms with Crippen molar-refractivity contribution in [2.45, 2.75) is 11.8 Å². The fourth-order valence-electron chi connectivity index (χ4n) is 3.02. The van der Waals surface area contributed by atoms with Gasteiger partial charge in [0.2, 0.25) is 0 Å². The molecule has 4 aromatic rings. The number of fused-ring (bicyclic) bond motifs is 1. The van der Waals surface area contributed by atoms with Gasteiger partial charge in [0.1, 0.15) is 5.82 Å². The molecule has 0 saturated carbocycles. The van der Waals surface area contributed by atoms with Crippen LogP contribution < -0.4 is 15.7 Å². The maximum absolute atomic E-state index is 13.8. The van der Waals surface area contributed by atoms with Crippen LogP contribution in [-0.2, 0) is 10.0 Å². The van der Waals surface area contributed by atoms with Gasteiger partial charge in [-0.3, -0.25) is 9.52 Å². The van der Waals surface area contributed by atoms with E-state index in [1.54, 1.807) is 25.1 Å². The Balaban J connectivity index is 1.63. The van der Waals surface area contributed by atoms with Crippen molar-refractivity contribution in [2.24, 2.45) is 0 Å². The molecule has 31 heavy (non-hydrogen) atoms. The monoisotopic (exact) mass is 440 g/mol. The highest BCUT2D eigenvalue weighted by Crippen LogP contribution is 2.23. The second-order valence-corrected chi connectivity index (χ2v) is 8.54. The van der Waals surface area contributed by atoms with Gasteiger partial charge in [0.05, 0.1) is 27.2 Å². The normalized spacial score (nSPS) is 11.4. The van der Waals surface area contributed by atoms with Crippen molar-refractivity contribution in [3.63, 3.8) is 0 Å². The molecule has 0 aliphatic rings. The standard InChI is InChI=1S/C21H17FN4O4S/c1-12-6-7-13(10-16(12)22)23-20(27)15-4-2-3-5-17(15)26-31(29,30)14-8-9-18-19(11-14)25-21(28)24-18/h2-11,26H,1H3,(H,23,27)(H2,24,25,28). The molecule has 8 nitrogen and oxygen atoms in total. The van der Waals surface area contributed by atoms with Crippen LogP contribution in [-0.4, -0.2) is 24.3 Å². The van der Waals surface area contributed by atoms with Crippen LogP contribution in [0.4, 0.5) is 15.8 Å². The highest BCUT2D eigenvalue weighted by atomic mass is 32.2. The first-order valence-electron chi connectivity index (χ1n) is 9.14. The number of H-pyrrole nitrogens is 2. The Hall–Kier alpha value is -3.92. The Morgan fingerprint density at radius 3 is 2.48 bits per heavy atom. The molecule has 158 valence electrons. The third kappa shape index (κ3) is 4.19. The van der Waals surface area contributed by atoms with E-state index in [1.807, 2.05) is 0 Å². The number of amides is 1. The summed E-state index contributed by atoms with van der Waals surface area (Å²) < 4.78 is 41.9. The molecule has 10 heteroatoms. The van der Waals surface area contributed by atoms with E-state index in [0.29, 0.717) is 16.6 Å². The number of sulfonamides is 1. The van der Waals surface area contributed by atoms with Crippen LogP contribution in [0.2, 0.25) is 0 Å². The number of anilines is 2. The van der Waals surface area contributed by atoms with Gasteiger partial charge in [-0.25, -0.2) is 17.6 Å². The molecule has 4 rings (SSSR count). The minimum absolute atomic E-state index is 0.0512. The van der Waals surface area contributed by atoms with Crippen LogP contribution in [0.1, 0.15) is 15.9 Å². The Bertz CT molecular complexity index is 1470. The van der Waals surface area contributed by atoms with Crippen LogP contribution in [0.3, 0.4) is 0 Å². The lowest BCUT2D eigenvalue weighted by molar-refractivity contribution is 0.102. The summed E-state index contributed by atoms with van der Waals surface area (Å²) in [5.41, 5.74) is 1.14. The average Bonchev–Trinajstić information content (AvgIpc) is 3.10. The highest BCUT2D eigenvalue weighted by molar-refractivity contribution is 7.92. The number of hydrogen-bond donors (Lipinski definition) is 4. The summed E-state index contributed by atoms with van der Waals surface area (Å²) in [6.07, 6.45) is 0. The fraction of sp³-hybridized carbons (Fsp3) is 0.0476. The predicted octanol–water partition coefficient (Wildman–Crippen LogP) is 3.36. The van der Waals surface area contributed by atoms with Crippen LogP contribution in [0, 0.1) is 12.7 Å². The number of hydrogen-bond acceptors (Lipinski definition) is 4. The largest absolute Gasteiger partial charge is 0.323 e. The second-order valence-electron chi connectivity index (χ2n) is 6.86. The molecule has 0 saturated heterocycles. The van der Waals surface area contributed by atoms with Gasteiger partial charge < -0.3 is 15.3 Å². The van der Waals surface area contributed by atoms with Crippen molar-refractivity contribution >= 4 is 38.3 Å². The summed E-state index contributed by atoms with van der Waals surface area (Å²) in [6, 6.07) is 14.4. The van der Waals surface area contributed by atoms with Gasteiger partial charge in [0.15, 0.2) is 0 Å². The molecule has 0 fully saturated rings. The van der Waals surface area contributed by atoms with Crippen LogP contribution >= 0.6 is 0 Å². The lowest BCUT2D eigenvalue weighted by Crippen LogP contribution is -2.18. The minimum Gasteiger partial charge on any atom is -0.322 e. The molecule has 4 N–H and O–H groups in total. The van der Waals surface area contributed by atoms with Gasteiger partial charge in [0.25, 0.3) is 15.9 Å². The molecule has 0 atom stereocenters. The summed E-state index contributed by atoms with van der Waals surface area (Å²) in [4.78, 5) is 29.1. The van der Waals surface area contributed by atoms with Gasteiger partial charge in [-0.15, -0.1) is 0 Å². The van der Waals surface area contributed by atoms with Crippen LogP contribution in [0.5, 0.6) is 0 Å². The number of aromatic amines is 2. The van der Waals surface area contributed by atoms with E-state index in [4.69, 9.17) is 0 Å². The molecule has 0 unspecified atom stereocenters. The third-order valence-electron chi connectivity index (χ3n) is 4.64. The van der Waals surface area contributed by atoms with Crippen molar-refractivity contribution in [2.75, 3.05) is 10.0 Å². The Labute approximate surface area is 176 Å². The topological polar surface area (TPSA) is 124 Å². The van der Waals surface area contributed by atoms with Gasteiger partial charge in [-0.1, -0.05) is 18.2 Å². The number of benzene rings is 3. The zero-order valence-corrected chi connectivity index (χ0v) is 17.0. The van der Waals surface area contributed by atoms with Crippen molar-refractivity contribution in [3.8, 4) is 0 Å². The molecule has 3 aromatic carbocycles. The molecule has 0 aliphatic heterocycles. The number of imidazole rings is 1. The molecule has 0 aliphatic carbocycles. The van der Waals surface area contributed by atoms with E-state index in [2.05, 4.69) is 20.0 Å². The predicted molar refractivity (Wildman–Crippen MR) is 115 cm³/mol. The summed E-state index contributed by atoms with van der Waals surface area (Å²) >= 11 is 0. The molecule has 0 radical (unpaired) electrons. The molecular weight excluding hydrogens is 423 g/mol.